The summed E-state index contributed by atoms with van der Waals surface area (Å²) in [5.41, 5.74) is 0.663. The van der Waals surface area contributed by atoms with Crippen LogP contribution in [0.25, 0.3) is 0 Å². The second kappa shape index (κ2) is 8.18. The molecule has 0 saturated heterocycles. The van der Waals surface area contributed by atoms with Gasteiger partial charge in [-0.25, -0.2) is 0 Å². The Labute approximate surface area is 143 Å². The molecule has 0 aromatic heterocycles. The standard InChI is InChI=1S/C19H27NO4/c1-3-19(10-5-11-19)18(23)20-13-15(17(21)22)12-14-6-8-16(9-7-14)24-4-2/h6-9,15H,3-5,10-13H2,1-2H3,(H,20,23)(H,21,22). The molecular formula is C19H27NO4. The van der Waals surface area contributed by atoms with Crippen LogP contribution in [0.15, 0.2) is 24.3 Å². The van der Waals surface area contributed by atoms with Crippen LogP contribution < -0.4 is 10.1 Å². The molecule has 1 amide bonds. The lowest BCUT2D eigenvalue weighted by Crippen LogP contribution is -2.47. The number of hydrogen-bond donors (Lipinski definition) is 2. The van der Waals surface area contributed by atoms with E-state index in [1.54, 1.807) is 0 Å². The van der Waals surface area contributed by atoms with Crippen LogP contribution in [0.2, 0.25) is 0 Å². The minimum absolute atomic E-state index is 0.00851. The number of nitrogens with one attached hydrogen (secondary N) is 1. The Hall–Kier alpha value is -2.04. The highest BCUT2D eigenvalue weighted by molar-refractivity contribution is 5.84. The number of carboxylic acids is 1. The zero-order valence-electron chi connectivity index (χ0n) is 14.5. The molecule has 0 aliphatic heterocycles. The van der Waals surface area contributed by atoms with Crippen molar-refractivity contribution < 1.29 is 19.4 Å². The van der Waals surface area contributed by atoms with Crippen LogP contribution in [0.5, 0.6) is 5.75 Å². The Morgan fingerprint density at radius 2 is 1.92 bits per heavy atom. The summed E-state index contributed by atoms with van der Waals surface area (Å²) >= 11 is 0. The molecule has 1 aliphatic carbocycles. The van der Waals surface area contributed by atoms with Crippen molar-refractivity contribution in [3.05, 3.63) is 29.8 Å². The molecule has 132 valence electrons. The van der Waals surface area contributed by atoms with Crippen molar-refractivity contribution in [2.75, 3.05) is 13.2 Å². The van der Waals surface area contributed by atoms with Crippen molar-refractivity contribution in [3.63, 3.8) is 0 Å². The topological polar surface area (TPSA) is 75.6 Å². The predicted octanol–water partition coefficient (Wildman–Crippen LogP) is 3.03. The van der Waals surface area contributed by atoms with Gasteiger partial charge in [0.2, 0.25) is 5.91 Å². The van der Waals surface area contributed by atoms with Crippen molar-refractivity contribution in [2.24, 2.45) is 11.3 Å². The van der Waals surface area contributed by atoms with Gasteiger partial charge in [0.05, 0.1) is 12.5 Å². The van der Waals surface area contributed by atoms with Gasteiger partial charge in [0.15, 0.2) is 0 Å². The summed E-state index contributed by atoms with van der Waals surface area (Å²) in [5.74, 6) is -0.727. The molecule has 1 aliphatic rings. The fraction of sp³-hybridized carbons (Fsp3) is 0.579. The van der Waals surface area contributed by atoms with Gasteiger partial charge in [0.1, 0.15) is 5.75 Å². The first-order valence-corrected chi connectivity index (χ1v) is 8.73. The minimum atomic E-state index is -0.886. The molecule has 1 aromatic rings. The summed E-state index contributed by atoms with van der Waals surface area (Å²) in [6.07, 6.45) is 4.10. The maximum absolute atomic E-state index is 12.4. The summed E-state index contributed by atoms with van der Waals surface area (Å²) in [5, 5.41) is 12.3. The van der Waals surface area contributed by atoms with Crippen molar-refractivity contribution >= 4 is 11.9 Å². The van der Waals surface area contributed by atoms with E-state index < -0.39 is 11.9 Å². The average Bonchev–Trinajstić information content (AvgIpc) is 2.52. The van der Waals surface area contributed by atoms with Gasteiger partial charge in [-0.3, -0.25) is 9.59 Å². The molecule has 0 radical (unpaired) electrons. The Morgan fingerprint density at radius 3 is 2.38 bits per heavy atom. The number of rotatable bonds is 9. The van der Waals surface area contributed by atoms with Crippen LogP contribution in [0, 0.1) is 11.3 Å². The van der Waals surface area contributed by atoms with Crippen LogP contribution in [0.3, 0.4) is 0 Å². The van der Waals surface area contributed by atoms with Gasteiger partial charge in [-0.05, 0) is 50.3 Å². The molecule has 0 heterocycles. The van der Waals surface area contributed by atoms with Crippen LogP contribution in [0.4, 0.5) is 0 Å². The van der Waals surface area contributed by atoms with Gasteiger partial charge >= 0.3 is 5.97 Å². The molecule has 1 unspecified atom stereocenters. The van der Waals surface area contributed by atoms with Crippen molar-refractivity contribution in [1.29, 1.82) is 0 Å². The Balaban J connectivity index is 1.92. The highest BCUT2D eigenvalue weighted by Crippen LogP contribution is 2.43. The van der Waals surface area contributed by atoms with E-state index in [2.05, 4.69) is 5.32 Å². The Morgan fingerprint density at radius 1 is 1.25 bits per heavy atom. The summed E-state index contributed by atoms with van der Waals surface area (Å²) in [6, 6.07) is 7.44. The molecule has 1 atom stereocenters. The zero-order valence-corrected chi connectivity index (χ0v) is 14.5. The van der Waals surface area contributed by atoms with E-state index in [4.69, 9.17) is 4.74 Å². The number of benzene rings is 1. The largest absolute Gasteiger partial charge is 0.494 e. The first kappa shape index (κ1) is 18.3. The van der Waals surface area contributed by atoms with Crippen LogP contribution in [-0.2, 0) is 16.0 Å². The molecule has 1 saturated carbocycles. The fourth-order valence-corrected chi connectivity index (χ4v) is 3.17. The third-order valence-electron chi connectivity index (χ3n) is 5.04. The van der Waals surface area contributed by atoms with Gasteiger partial charge in [-0.15, -0.1) is 0 Å². The lowest BCUT2D eigenvalue weighted by molar-refractivity contribution is -0.142. The Bertz CT molecular complexity index is 558. The fourth-order valence-electron chi connectivity index (χ4n) is 3.17. The molecule has 2 N–H and O–H groups in total. The third-order valence-corrected chi connectivity index (χ3v) is 5.04. The minimum Gasteiger partial charge on any atom is -0.494 e. The zero-order chi connectivity index (χ0) is 17.6. The second-order valence-corrected chi connectivity index (χ2v) is 6.51. The number of carbonyl (C=O) groups is 2. The molecule has 1 fully saturated rings. The number of carbonyl (C=O) groups excluding carboxylic acids is 1. The van der Waals surface area contributed by atoms with E-state index in [1.807, 2.05) is 38.1 Å². The summed E-state index contributed by atoms with van der Waals surface area (Å²) in [7, 11) is 0. The van der Waals surface area contributed by atoms with Crippen LogP contribution >= 0.6 is 0 Å². The number of ether oxygens (including phenoxy) is 1. The number of hydrogen-bond acceptors (Lipinski definition) is 3. The van der Waals surface area contributed by atoms with Crippen molar-refractivity contribution in [2.45, 2.75) is 46.0 Å². The third kappa shape index (κ3) is 4.28. The number of carboxylic acid groups (broad SMARTS) is 1. The van der Waals surface area contributed by atoms with Gasteiger partial charge in [0.25, 0.3) is 0 Å². The van der Waals surface area contributed by atoms with Crippen molar-refractivity contribution in [3.8, 4) is 5.75 Å². The van der Waals surface area contributed by atoms with E-state index in [-0.39, 0.29) is 17.9 Å². The van der Waals surface area contributed by atoms with Crippen LogP contribution in [-0.4, -0.2) is 30.1 Å². The van der Waals surface area contributed by atoms with Gasteiger partial charge in [0, 0.05) is 12.0 Å². The highest BCUT2D eigenvalue weighted by Gasteiger charge is 2.42. The molecule has 0 spiro atoms. The van der Waals surface area contributed by atoms with Gasteiger partial charge in [-0.1, -0.05) is 25.5 Å². The predicted molar refractivity (Wildman–Crippen MR) is 92.0 cm³/mol. The van der Waals surface area contributed by atoms with E-state index in [0.29, 0.717) is 13.0 Å². The SMILES string of the molecule is CCOc1ccc(CC(CNC(=O)C2(CC)CCC2)C(=O)O)cc1. The molecule has 0 bridgehead atoms. The lowest BCUT2D eigenvalue weighted by Gasteiger charge is -2.39. The summed E-state index contributed by atoms with van der Waals surface area (Å²) in [6.45, 7) is 4.71. The first-order chi connectivity index (χ1) is 11.5. The van der Waals surface area contributed by atoms with Gasteiger partial charge < -0.3 is 15.2 Å². The van der Waals surface area contributed by atoms with E-state index in [0.717, 1.165) is 37.0 Å². The van der Waals surface area contributed by atoms with Crippen LogP contribution in [0.1, 0.15) is 45.1 Å². The molecule has 5 heteroatoms. The van der Waals surface area contributed by atoms with E-state index >= 15 is 0 Å². The molecule has 5 nitrogen and oxygen atoms in total. The monoisotopic (exact) mass is 333 g/mol. The normalized spacial score (nSPS) is 16.8. The molecule has 24 heavy (non-hydrogen) atoms. The second-order valence-electron chi connectivity index (χ2n) is 6.51. The lowest BCUT2D eigenvalue weighted by atomic mass is 9.66. The maximum Gasteiger partial charge on any atom is 0.308 e. The molecule has 1 aromatic carbocycles. The number of amides is 1. The Kier molecular flexibility index (Phi) is 6.23. The maximum atomic E-state index is 12.4. The van der Waals surface area contributed by atoms with Gasteiger partial charge in [-0.2, -0.15) is 0 Å². The average molecular weight is 333 g/mol. The summed E-state index contributed by atoms with van der Waals surface area (Å²) < 4.78 is 5.39. The van der Waals surface area contributed by atoms with E-state index in [9.17, 15) is 14.7 Å². The van der Waals surface area contributed by atoms with Crippen molar-refractivity contribution in [1.82, 2.24) is 5.32 Å². The highest BCUT2D eigenvalue weighted by atomic mass is 16.5. The summed E-state index contributed by atoms with van der Waals surface area (Å²) in [4.78, 5) is 23.9. The molecular weight excluding hydrogens is 306 g/mol. The van der Waals surface area contributed by atoms with E-state index in [1.165, 1.54) is 0 Å². The smallest absolute Gasteiger partial charge is 0.308 e. The molecule has 2 rings (SSSR count). The quantitative estimate of drug-likeness (QED) is 0.728. The number of aliphatic carboxylic acids is 1. The first-order valence-electron chi connectivity index (χ1n) is 8.73.